The van der Waals surface area contributed by atoms with Crippen molar-refractivity contribution in [3.63, 3.8) is 0 Å². The monoisotopic (exact) mass is 796 g/mol. The summed E-state index contributed by atoms with van der Waals surface area (Å²) >= 11 is 0. The Morgan fingerprint density at radius 1 is 1.12 bits per heavy atom. The summed E-state index contributed by atoms with van der Waals surface area (Å²) in [6, 6.07) is 3.44. The highest BCUT2D eigenvalue weighted by atomic mass is 32.2. The van der Waals surface area contributed by atoms with Gasteiger partial charge < -0.3 is 30.3 Å². The van der Waals surface area contributed by atoms with E-state index in [4.69, 9.17) is 4.74 Å². The highest BCUT2D eigenvalue weighted by Gasteiger charge is 2.61. The topological polar surface area (TPSA) is 212 Å². The van der Waals surface area contributed by atoms with Crippen molar-refractivity contribution in [1.29, 1.82) is 0 Å². The fourth-order valence-electron chi connectivity index (χ4n) is 7.17. The summed E-state index contributed by atoms with van der Waals surface area (Å²) in [5.74, 6) is -3.15. The van der Waals surface area contributed by atoms with Gasteiger partial charge in [-0.15, -0.1) is 6.58 Å². The van der Waals surface area contributed by atoms with Crippen LogP contribution < -0.4 is 15.4 Å². The molecule has 1 aromatic rings. The molecule has 304 valence electrons. The maximum Gasteiger partial charge on any atom is 0.407 e. The molecule has 56 heavy (non-hydrogen) atoms. The normalized spacial score (nSPS) is 22.1. The molecule has 16 nitrogen and oxygen atoms in total. The third-order valence-electron chi connectivity index (χ3n) is 10.9. The van der Waals surface area contributed by atoms with Crippen LogP contribution in [-0.2, 0) is 47.0 Å². The molecule has 0 bridgehead atoms. The van der Waals surface area contributed by atoms with Crippen molar-refractivity contribution in [1.82, 2.24) is 30.1 Å². The van der Waals surface area contributed by atoms with Gasteiger partial charge in [0.2, 0.25) is 27.7 Å². The number of ether oxygens (including phenoxy) is 1. The van der Waals surface area contributed by atoms with E-state index in [2.05, 4.69) is 28.5 Å². The number of allylic oxidation sites excluding steroid dienone is 1. The average molecular weight is 797 g/mol. The van der Waals surface area contributed by atoms with E-state index in [1.165, 1.54) is 27.8 Å². The van der Waals surface area contributed by atoms with Crippen LogP contribution in [0.2, 0.25) is 0 Å². The van der Waals surface area contributed by atoms with Crippen molar-refractivity contribution in [3.8, 4) is 0 Å². The van der Waals surface area contributed by atoms with Crippen molar-refractivity contribution in [2.75, 3.05) is 26.7 Å². The molecule has 2 saturated carbocycles. The SMILES string of the molecule is C=CC(=O)N(C)C[C@H](NC(=O)OCC(C)(C)CC/C=C/c1cccc2c1CN(C(=O)O)C2)C(=O)N1CCCC1C(=O)N[C@]1(C(=O)NS(=O)(=O)C2CC2)C[C@H]1C=C. The van der Waals surface area contributed by atoms with Gasteiger partial charge in [-0.25, -0.2) is 18.0 Å². The fourth-order valence-corrected chi connectivity index (χ4v) is 8.53. The second-order valence-electron chi connectivity index (χ2n) is 15.8. The van der Waals surface area contributed by atoms with E-state index in [1.54, 1.807) is 0 Å². The number of benzene rings is 1. The number of amides is 6. The molecule has 1 unspecified atom stereocenters. The van der Waals surface area contributed by atoms with Gasteiger partial charge in [-0.3, -0.25) is 28.8 Å². The summed E-state index contributed by atoms with van der Waals surface area (Å²) in [5.41, 5.74) is 0.912. The van der Waals surface area contributed by atoms with E-state index in [-0.39, 0.29) is 32.5 Å². The predicted octanol–water partition coefficient (Wildman–Crippen LogP) is 2.90. The van der Waals surface area contributed by atoms with E-state index < -0.39 is 80.0 Å². The number of nitrogens with one attached hydrogen (secondary N) is 3. The standard InChI is InChI=1S/C39H52N6O10S/c1-6-27-20-39(27,35(49)42-56(53,54)28-16-17-28)41-33(47)31-15-11-19-45(31)34(48)30(23-43(5)32(46)7-2)40-36(50)55-24-38(3,4)18-9-8-12-25-13-10-14-26-21-44(37(51)52)22-29(25)26/h6-8,10,12-14,27-28,30-31H,1-2,9,11,15-24H2,3-5H3,(H,40,50)(H,41,47)(H,42,49)(H,51,52)/b12-8+/t27-,30+,31?,39-/m1/s1. The average Bonchev–Trinajstić information content (AvgIpc) is 4.03. The Morgan fingerprint density at radius 2 is 1.86 bits per heavy atom. The minimum atomic E-state index is -3.88. The van der Waals surface area contributed by atoms with Crippen molar-refractivity contribution < 1.29 is 47.0 Å². The van der Waals surface area contributed by atoms with Crippen molar-refractivity contribution >= 4 is 51.9 Å². The first-order valence-corrected chi connectivity index (χ1v) is 20.3. The van der Waals surface area contributed by atoms with Gasteiger partial charge in [-0.1, -0.05) is 56.9 Å². The van der Waals surface area contributed by atoms with E-state index in [0.29, 0.717) is 45.2 Å². The van der Waals surface area contributed by atoms with Crippen molar-refractivity contribution in [3.05, 3.63) is 66.3 Å². The third-order valence-corrected chi connectivity index (χ3v) is 12.7. The number of likely N-dealkylation sites (N-methyl/N-ethyl adjacent to an activating group) is 1. The minimum absolute atomic E-state index is 0.00312. The van der Waals surface area contributed by atoms with Crippen LogP contribution in [0.15, 0.2) is 49.6 Å². The summed E-state index contributed by atoms with van der Waals surface area (Å²) in [6.07, 6.45) is 7.67. The van der Waals surface area contributed by atoms with Crippen LogP contribution in [0.4, 0.5) is 9.59 Å². The Balaban J connectivity index is 1.19. The summed E-state index contributed by atoms with van der Waals surface area (Å²) in [5, 5.41) is 14.0. The van der Waals surface area contributed by atoms with Gasteiger partial charge in [0, 0.05) is 26.1 Å². The molecule has 1 saturated heterocycles. The zero-order valence-corrected chi connectivity index (χ0v) is 32.9. The van der Waals surface area contributed by atoms with Crippen LogP contribution in [0.1, 0.15) is 75.5 Å². The number of nitrogens with zero attached hydrogens (tertiary/aromatic N) is 3. The second kappa shape index (κ2) is 16.9. The van der Waals surface area contributed by atoms with Crippen LogP contribution >= 0.6 is 0 Å². The Labute approximate surface area is 327 Å². The van der Waals surface area contributed by atoms with Gasteiger partial charge in [-0.05, 0) is 73.1 Å². The number of sulfonamides is 1. The molecular formula is C39H52N6O10S. The number of alkyl carbamates (subject to hydrolysis) is 1. The second-order valence-corrected chi connectivity index (χ2v) is 17.8. The minimum Gasteiger partial charge on any atom is -0.465 e. The van der Waals surface area contributed by atoms with Crippen LogP contribution in [0.3, 0.4) is 0 Å². The predicted molar refractivity (Wildman–Crippen MR) is 206 cm³/mol. The van der Waals surface area contributed by atoms with Gasteiger partial charge in [-0.2, -0.15) is 0 Å². The number of likely N-dealkylation sites (tertiary alicyclic amines) is 1. The lowest BCUT2D eigenvalue weighted by molar-refractivity contribution is -0.141. The Hall–Kier alpha value is -5.19. The van der Waals surface area contributed by atoms with Gasteiger partial charge in [0.05, 0.1) is 24.9 Å². The highest BCUT2D eigenvalue weighted by Crippen LogP contribution is 2.45. The molecule has 2 aliphatic heterocycles. The van der Waals surface area contributed by atoms with E-state index >= 15 is 0 Å². The number of rotatable bonds is 17. The van der Waals surface area contributed by atoms with Gasteiger partial charge in [0.1, 0.15) is 17.6 Å². The Kier molecular flexibility index (Phi) is 12.7. The van der Waals surface area contributed by atoms with Crippen molar-refractivity contribution in [2.24, 2.45) is 11.3 Å². The lowest BCUT2D eigenvalue weighted by atomic mass is 9.88. The summed E-state index contributed by atoms with van der Waals surface area (Å²) in [7, 11) is -2.44. The molecule has 3 fully saturated rings. The zero-order valence-electron chi connectivity index (χ0n) is 32.1. The largest absolute Gasteiger partial charge is 0.465 e. The summed E-state index contributed by atoms with van der Waals surface area (Å²) in [4.78, 5) is 81.9. The first kappa shape index (κ1) is 42.0. The number of hydrogen-bond acceptors (Lipinski definition) is 9. The molecule has 5 rings (SSSR count). The summed E-state index contributed by atoms with van der Waals surface area (Å²) < 4.78 is 32.7. The molecule has 0 spiro atoms. The van der Waals surface area contributed by atoms with Crippen LogP contribution in [-0.4, -0.2) is 114 Å². The molecule has 6 amide bonds. The molecule has 4 atom stereocenters. The molecule has 0 aromatic heterocycles. The van der Waals surface area contributed by atoms with E-state index in [0.717, 1.165) is 22.8 Å². The number of hydrogen-bond donors (Lipinski definition) is 4. The molecular weight excluding hydrogens is 745 g/mol. The molecule has 2 heterocycles. The number of fused-ring (bicyclic) bond motifs is 1. The van der Waals surface area contributed by atoms with Crippen molar-refractivity contribution in [2.45, 2.75) is 94.8 Å². The fraction of sp³-hybridized carbons (Fsp3) is 0.538. The Bertz CT molecular complexity index is 1910. The molecule has 0 radical (unpaired) electrons. The first-order valence-electron chi connectivity index (χ1n) is 18.8. The molecule has 4 aliphatic rings. The molecule has 1 aromatic carbocycles. The van der Waals surface area contributed by atoms with Crippen LogP contribution in [0, 0.1) is 11.3 Å². The maximum absolute atomic E-state index is 14.1. The summed E-state index contributed by atoms with van der Waals surface area (Å²) in [6.45, 7) is 11.6. The number of carbonyl (C=O) groups excluding carboxylic acids is 5. The van der Waals surface area contributed by atoms with Gasteiger partial charge in [0.15, 0.2) is 0 Å². The van der Waals surface area contributed by atoms with E-state index in [9.17, 15) is 42.3 Å². The molecule has 17 heteroatoms. The van der Waals surface area contributed by atoms with Crippen LogP contribution in [0.5, 0.6) is 0 Å². The smallest absolute Gasteiger partial charge is 0.407 e. The molecule has 2 aliphatic carbocycles. The van der Waals surface area contributed by atoms with Crippen LogP contribution in [0.25, 0.3) is 6.08 Å². The van der Waals surface area contributed by atoms with E-state index in [1.807, 2.05) is 44.2 Å². The quantitative estimate of drug-likeness (QED) is 0.134. The lowest BCUT2D eigenvalue weighted by Gasteiger charge is -2.31. The zero-order chi connectivity index (χ0) is 41.0. The first-order chi connectivity index (χ1) is 26.4. The van der Waals surface area contributed by atoms with Gasteiger partial charge >= 0.3 is 12.2 Å². The van der Waals surface area contributed by atoms with Gasteiger partial charge in [0.25, 0.3) is 5.91 Å². The maximum atomic E-state index is 14.1. The number of carboxylic acid groups (broad SMARTS) is 1. The third kappa shape index (κ3) is 9.78. The highest BCUT2D eigenvalue weighted by molar-refractivity contribution is 7.91. The molecule has 4 N–H and O–H groups in total. The number of carbonyl (C=O) groups is 6. The Morgan fingerprint density at radius 3 is 2.50 bits per heavy atom. The lowest BCUT2D eigenvalue weighted by Crippen LogP contribution is -2.59.